The number of hydrogen-bond donors (Lipinski definition) is 1. The van der Waals surface area contributed by atoms with E-state index in [0.717, 1.165) is 38.2 Å². The van der Waals surface area contributed by atoms with E-state index in [-0.39, 0.29) is 28.9 Å². The minimum absolute atomic E-state index is 0.0760. The molecule has 0 saturated carbocycles. The normalized spacial score (nSPS) is 21.4. The van der Waals surface area contributed by atoms with Gasteiger partial charge in [-0.05, 0) is 94.2 Å². The van der Waals surface area contributed by atoms with Crippen LogP contribution in [-0.2, 0) is 9.53 Å². The summed E-state index contributed by atoms with van der Waals surface area (Å²) < 4.78 is 11.8. The zero-order chi connectivity index (χ0) is 24.6. The molecule has 1 aliphatic heterocycles. The SMILES string of the molecule is CC(C)CCC1(CCNC(=O)CC(c2ccc(OC(C)C)cc2)C(C)C)CCOC(C)(C)C1. The van der Waals surface area contributed by atoms with Gasteiger partial charge < -0.3 is 14.8 Å². The average Bonchev–Trinajstić information content (AvgIpc) is 2.70. The lowest BCUT2D eigenvalue weighted by Crippen LogP contribution is -2.43. The van der Waals surface area contributed by atoms with Crippen molar-refractivity contribution >= 4 is 5.91 Å². The van der Waals surface area contributed by atoms with Gasteiger partial charge in [-0.1, -0.05) is 46.2 Å². The van der Waals surface area contributed by atoms with Gasteiger partial charge in [0.05, 0.1) is 11.7 Å². The summed E-state index contributed by atoms with van der Waals surface area (Å²) in [6, 6.07) is 8.27. The van der Waals surface area contributed by atoms with Crippen molar-refractivity contribution in [3.8, 4) is 5.75 Å². The summed E-state index contributed by atoms with van der Waals surface area (Å²) in [5.41, 5.74) is 1.40. The number of carbonyl (C=O) groups is 1. The second kappa shape index (κ2) is 12.2. The standard InChI is InChI=1S/C29H49NO3/c1-21(2)13-14-29(16-18-32-28(7,8)20-29)15-17-30-27(31)19-26(22(3)4)24-9-11-25(12-10-24)33-23(5)6/h9-12,21-23,26H,13-20H2,1-8H3,(H,30,31). The predicted molar refractivity (Wildman–Crippen MR) is 138 cm³/mol. The highest BCUT2D eigenvalue weighted by atomic mass is 16.5. The molecule has 1 heterocycles. The van der Waals surface area contributed by atoms with E-state index in [9.17, 15) is 4.79 Å². The molecule has 33 heavy (non-hydrogen) atoms. The Morgan fingerprint density at radius 3 is 2.27 bits per heavy atom. The number of hydrogen-bond acceptors (Lipinski definition) is 3. The predicted octanol–water partition coefficient (Wildman–Crippen LogP) is 7.12. The van der Waals surface area contributed by atoms with Gasteiger partial charge in [0.25, 0.3) is 0 Å². The van der Waals surface area contributed by atoms with Crippen molar-refractivity contribution in [2.24, 2.45) is 17.3 Å². The lowest BCUT2D eigenvalue weighted by atomic mass is 9.68. The molecule has 2 rings (SSSR count). The molecule has 0 aliphatic carbocycles. The van der Waals surface area contributed by atoms with Gasteiger partial charge in [0.2, 0.25) is 5.91 Å². The van der Waals surface area contributed by atoms with Gasteiger partial charge in [0.15, 0.2) is 0 Å². The van der Waals surface area contributed by atoms with Crippen LogP contribution in [0.15, 0.2) is 24.3 Å². The van der Waals surface area contributed by atoms with Crippen LogP contribution in [0.3, 0.4) is 0 Å². The number of amides is 1. The molecule has 0 bridgehead atoms. The quantitative estimate of drug-likeness (QED) is 0.362. The first-order valence-electron chi connectivity index (χ1n) is 13.1. The Labute approximate surface area is 203 Å². The Kier molecular flexibility index (Phi) is 10.3. The molecule has 4 nitrogen and oxygen atoms in total. The van der Waals surface area contributed by atoms with Crippen LogP contribution in [0.5, 0.6) is 5.75 Å². The van der Waals surface area contributed by atoms with Crippen molar-refractivity contribution in [2.45, 2.75) is 112 Å². The number of nitrogens with one attached hydrogen (secondary N) is 1. The minimum atomic E-state index is -0.0760. The van der Waals surface area contributed by atoms with Crippen molar-refractivity contribution in [2.75, 3.05) is 13.2 Å². The Morgan fingerprint density at radius 1 is 1.06 bits per heavy atom. The Balaban J connectivity index is 1.95. The number of rotatable bonds is 12. The largest absolute Gasteiger partial charge is 0.491 e. The summed E-state index contributed by atoms with van der Waals surface area (Å²) in [5.74, 6) is 2.33. The van der Waals surface area contributed by atoms with Crippen LogP contribution in [-0.4, -0.2) is 30.8 Å². The van der Waals surface area contributed by atoms with Crippen molar-refractivity contribution in [3.05, 3.63) is 29.8 Å². The van der Waals surface area contributed by atoms with E-state index >= 15 is 0 Å². The van der Waals surface area contributed by atoms with Crippen LogP contribution in [0.25, 0.3) is 0 Å². The topological polar surface area (TPSA) is 47.6 Å². The molecule has 1 aromatic rings. The second-order valence-corrected chi connectivity index (χ2v) is 11.9. The number of carbonyl (C=O) groups excluding carboxylic acids is 1. The van der Waals surface area contributed by atoms with Gasteiger partial charge in [0.1, 0.15) is 5.75 Å². The molecule has 1 fully saturated rings. The summed E-state index contributed by atoms with van der Waals surface area (Å²) in [6.07, 6.45) is 6.33. The fraction of sp³-hybridized carbons (Fsp3) is 0.759. The van der Waals surface area contributed by atoms with E-state index in [1.807, 2.05) is 26.0 Å². The smallest absolute Gasteiger partial charge is 0.220 e. The lowest BCUT2D eigenvalue weighted by Gasteiger charge is -2.45. The van der Waals surface area contributed by atoms with Crippen LogP contribution in [0.1, 0.15) is 105 Å². The minimum Gasteiger partial charge on any atom is -0.491 e. The van der Waals surface area contributed by atoms with Gasteiger partial charge in [-0.15, -0.1) is 0 Å². The molecule has 0 aromatic heterocycles. The monoisotopic (exact) mass is 459 g/mol. The first-order valence-corrected chi connectivity index (χ1v) is 13.1. The molecule has 2 unspecified atom stereocenters. The summed E-state index contributed by atoms with van der Waals surface area (Å²) in [6.45, 7) is 19.0. The fourth-order valence-corrected chi connectivity index (χ4v) is 5.28. The van der Waals surface area contributed by atoms with Crippen LogP contribution in [0.4, 0.5) is 0 Å². The van der Waals surface area contributed by atoms with E-state index in [4.69, 9.17) is 9.47 Å². The highest BCUT2D eigenvalue weighted by molar-refractivity contribution is 5.76. The van der Waals surface area contributed by atoms with Crippen molar-refractivity contribution in [1.29, 1.82) is 0 Å². The second-order valence-electron chi connectivity index (χ2n) is 11.9. The Morgan fingerprint density at radius 2 is 1.73 bits per heavy atom. The maximum atomic E-state index is 12.9. The van der Waals surface area contributed by atoms with Gasteiger partial charge >= 0.3 is 0 Å². The summed E-state index contributed by atoms with van der Waals surface area (Å²) in [5, 5.41) is 3.26. The highest BCUT2D eigenvalue weighted by Crippen LogP contribution is 2.45. The third kappa shape index (κ3) is 9.31. The van der Waals surface area contributed by atoms with Gasteiger partial charge in [-0.3, -0.25) is 4.79 Å². The third-order valence-electron chi connectivity index (χ3n) is 7.05. The van der Waals surface area contributed by atoms with Crippen molar-refractivity contribution < 1.29 is 14.3 Å². The molecule has 2 atom stereocenters. The van der Waals surface area contributed by atoms with Gasteiger partial charge in [-0.25, -0.2) is 0 Å². The summed E-state index contributed by atoms with van der Waals surface area (Å²) in [7, 11) is 0. The highest BCUT2D eigenvalue weighted by Gasteiger charge is 2.40. The Bertz CT molecular complexity index is 723. The molecule has 1 aliphatic rings. The molecule has 4 heteroatoms. The van der Waals surface area contributed by atoms with Crippen LogP contribution < -0.4 is 10.1 Å². The van der Waals surface area contributed by atoms with E-state index < -0.39 is 0 Å². The molecule has 0 radical (unpaired) electrons. The maximum absolute atomic E-state index is 12.9. The summed E-state index contributed by atoms with van der Waals surface area (Å²) in [4.78, 5) is 12.9. The average molecular weight is 460 g/mol. The molecule has 0 spiro atoms. The first kappa shape index (κ1) is 27.7. The summed E-state index contributed by atoms with van der Waals surface area (Å²) >= 11 is 0. The molecule has 1 amide bonds. The molecule has 1 saturated heterocycles. The molecule has 188 valence electrons. The van der Waals surface area contributed by atoms with E-state index in [1.54, 1.807) is 0 Å². The molecule has 1 aromatic carbocycles. The number of ether oxygens (including phenoxy) is 2. The van der Waals surface area contributed by atoms with Gasteiger partial charge in [-0.2, -0.15) is 0 Å². The lowest BCUT2D eigenvalue weighted by molar-refractivity contribution is -0.122. The zero-order valence-electron chi connectivity index (χ0n) is 22.5. The van der Waals surface area contributed by atoms with E-state index in [2.05, 4.69) is 59.0 Å². The molecular weight excluding hydrogens is 410 g/mol. The van der Waals surface area contributed by atoms with Crippen LogP contribution in [0, 0.1) is 17.3 Å². The Hall–Kier alpha value is -1.55. The van der Waals surface area contributed by atoms with Gasteiger partial charge in [0, 0.05) is 19.6 Å². The molecular formula is C29H49NO3. The van der Waals surface area contributed by atoms with E-state index in [1.165, 1.54) is 18.4 Å². The van der Waals surface area contributed by atoms with E-state index in [0.29, 0.717) is 18.3 Å². The number of benzene rings is 1. The third-order valence-corrected chi connectivity index (χ3v) is 7.05. The van der Waals surface area contributed by atoms with Crippen LogP contribution in [0.2, 0.25) is 0 Å². The van der Waals surface area contributed by atoms with Crippen molar-refractivity contribution in [3.63, 3.8) is 0 Å². The van der Waals surface area contributed by atoms with Crippen LogP contribution >= 0.6 is 0 Å². The zero-order valence-corrected chi connectivity index (χ0v) is 22.5. The first-order chi connectivity index (χ1) is 15.4. The van der Waals surface area contributed by atoms with Crippen molar-refractivity contribution in [1.82, 2.24) is 5.32 Å². The molecule has 1 N–H and O–H groups in total. The fourth-order valence-electron chi connectivity index (χ4n) is 5.28. The maximum Gasteiger partial charge on any atom is 0.220 e.